The van der Waals surface area contributed by atoms with E-state index in [0.717, 1.165) is 27.6 Å². The van der Waals surface area contributed by atoms with Crippen molar-refractivity contribution in [3.8, 4) is 16.9 Å². The fraction of sp³-hybridized carbons (Fsp3) is 0.129. The smallest absolute Gasteiger partial charge is 0.338 e. The van der Waals surface area contributed by atoms with Crippen molar-refractivity contribution in [1.29, 1.82) is 0 Å². The molecule has 5 heteroatoms. The number of aliphatic hydroxyl groups excluding tert-OH is 1. The zero-order valence-electron chi connectivity index (χ0n) is 19.8. The summed E-state index contributed by atoms with van der Waals surface area (Å²) in [6.07, 6.45) is 1.21. The van der Waals surface area contributed by atoms with E-state index in [1.165, 1.54) is 0 Å². The second-order valence-electron chi connectivity index (χ2n) is 8.66. The first-order chi connectivity index (χ1) is 17.7. The van der Waals surface area contributed by atoms with Crippen LogP contribution in [0.5, 0.6) is 5.75 Å². The highest BCUT2D eigenvalue weighted by Crippen LogP contribution is 2.23. The fourth-order valence-electron chi connectivity index (χ4n) is 4.14. The molecule has 1 unspecified atom stereocenters. The number of hydrogen-bond acceptors (Lipinski definition) is 4. The number of nitrogens with zero attached hydrogens (tertiary/aromatic N) is 1. The Morgan fingerprint density at radius 1 is 0.806 bits per heavy atom. The third-order valence-electron chi connectivity index (χ3n) is 6.03. The van der Waals surface area contributed by atoms with Crippen LogP contribution in [-0.2, 0) is 17.9 Å². The highest BCUT2D eigenvalue weighted by atomic mass is 16.5. The van der Waals surface area contributed by atoms with Crippen molar-refractivity contribution < 1.29 is 19.4 Å². The molecule has 5 nitrogen and oxygen atoms in total. The van der Waals surface area contributed by atoms with Gasteiger partial charge in [0, 0.05) is 17.1 Å². The lowest BCUT2D eigenvalue weighted by molar-refractivity contribution is 0.0473. The van der Waals surface area contributed by atoms with Gasteiger partial charge < -0.3 is 19.1 Å². The number of carbonyl (C=O) groups excluding carboxylic acids is 1. The Kier molecular flexibility index (Phi) is 7.10. The number of benzene rings is 4. The molecule has 4 aromatic carbocycles. The van der Waals surface area contributed by atoms with Crippen LogP contribution in [0.1, 0.15) is 15.9 Å². The Morgan fingerprint density at radius 3 is 2.25 bits per heavy atom. The molecule has 180 valence electrons. The third kappa shape index (κ3) is 5.65. The fourth-order valence-corrected chi connectivity index (χ4v) is 4.14. The van der Waals surface area contributed by atoms with Gasteiger partial charge in [0.1, 0.15) is 25.1 Å². The lowest BCUT2D eigenvalue weighted by Gasteiger charge is -2.14. The minimum atomic E-state index is -0.690. The summed E-state index contributed by atoms with van der Waals surface area (Å²) in [5, 5.41) is 11.5. The normalized spacial score (nSPS) is 11.8. The minimum absolute atomic E-state index is 0.175. The first-order valence-electron chi connectivity index (χ1n) is 11.9. The third-order valence-corrected chi connectivity index (χ3v) is 6.03. The topological polar surface area (TPSA) is 60.7 Å². The van der Waals surface area contributed by atoms with Crippen LogP contribution in [0.15, 0.2) is 115 Å². The van der Waals surface area contributed by atoms with Crippen LogP contribution in [0, 0.1) is 0 Å². The van der Waals surface area contributed by atoms with Crippen molar-refractivity contribution in [3.63, 3.8) is 0 Å². The Labute approximate surface area is 210 Å². The molecule has 0 aliphatic heterocycles. The second kappa shape index (κ2) is 10.9. The summed E-state index contributed by atoms with van der Waals surface area (Å²) in [5.41, 5.74) is 4.64. The van der Waals surface area contributed by atoms with E-state index in [0.29, 0.717) is 17.9 Å². The highest BCUT2D eigenvalue weighted by molar-refractivity contribution is 5.94. The molecule has 1 heterocycles. The molecule has 1 atom stereocenters. The molecular weight excluding hydrogens is 450 g/mol. The second-order valence-corrected chi connectivity index (χ2v) is 8.66. The monoisotopic (exact) mass is 477 g/mol. The zero-order chi connectivity index (χ0) is 24.7. The maximum atomic E-state index is 12.5. The van der Waals surface area contributed by atoms with Gasteiger partial charge in [-0.1, -0.05) is 72.8 Å². The minimum Gasteiger partial charge on any atom is -0.491 e. The molecule has 0 amide bonds. The lowest BCUT2D eigenvalue weighted by atomic mass is 10.1. The largest absolute Gasteiger partial charge is 0.491 e. The van der Waals surface area contributed by atoms with E-state index in [1.807, 2.05) is 102 Å². The molecule has 0 aliphatic carbocycles. The summed E-state index contributed by atoms with van der Waals surface area (Å²) in [7, 11) is 0. The van der Waals surface area contributed by atoms with Gasteiger partial charge in [-0.3, -0.25) is 0 Å². The Bertz CT molecular complexity index is 1430. The average molecular weight is 478 g/mol. The van der Waals surface area contributed by atoms with Crippen molar-refractivity contribution in [2.45, 2.75) is 19.3 Å². The molecular formula is C31H27NO4. The van der Waals surface area contributed by atoms with Crippen molar-refractivity contribution >= 4 is 16.9 Å². The van der Waals surface area contributed by atoms with E-state index in [9.17, 15) is 9.90 Å². The van der Waals surface area contributed by atoms with Crippen LogP contribution in [0.2, 0.25) is 0 Å². The molecule has 1 N–H and O–H groups in total. The van der Waals surface area contributed by atoms with Gasteiger partial charge in [-0.25, -0.2) is 4.79 Å². The van der Waals surface area contributed by atoms with E-state index >= 15 is 0 Å². The van der Waals surface area contributed by atoms with Crippen LogP contribution < -0.4 is 4.74 Å². The summed E-state index contributed by atoms with van der Waals surface area (Å²) in [4.78, 5) is 12.5. The molecule has 1 aromatic heterocycles. The van der Waals surface area contributed by atoms with Gasteiger partial charge in [0.2, 0.25) is 0 Å². The molecule has 0 aliphatic rings. The number of esters is 1. The lowest BCUT2D eigenvalue weighted by Crippen LogP contribution is -2.23. The SMILES string of the molecule is O=C(OCc1ccccc1)c1ccc2c(ccn2CC(O)COc2ccc(-c3ccccc3)cc2)c1. The van der Waals surface area contributed by atoms with Gasteiger partial charge in [0.25, 0.3) is 0 Å². The molecule has 0 fully saturated rings. The van der Waals surface area contributed by atoms with E-state index in [-0.39, 0.29) is 19.2 Å². The number of hydrogen-bond donors (Lipinski definition) is 1. The molecule has 36 heavy (non-hydrogen) atoms. The standard InChI is InChI=1S/C31H27NO4/c33-28(22-35-29-14-11-25(12-15-29)24-9-5-2-6-10-24)20-32-18-17-26-19-27(13-16-30(26)32)31(34)36-21-23-7-3-1-4-8-23/h1-19,28,33H,20-22H2. The quantitative estimate of drug-likeness (QED) is 0.260. The summed E-state index contributed by atoms with van der Waals surface area (Å²) in [6, 6.07) is 35.0. The number of rotatable bonds is 9. The van der Waals surface area contributed by atoms with Crippen LogP contribution >= 0.6 is 0 Å². The highest BCUT2D eigenvalue weighted by Gasteiger charge is 2.13. The molecule has 0 spiro atoms. The van der Waals surface area contributed by atoms with E-state index in [2.05, 4.69) is 12.1 Å². The maximum absolute atomic E-state index is 12.5. The number of aromatic nitrogens is 1. The average Bonchev–Trinajstić information content (AvgIpc) is 3.33. The Balaban J connectivity index is 1.16. The van der Waals surface area contributed by atoms with E-state index < -0.39 is 6.10 Å². The van der Waals surface area contributed by atoms with Gasteiger partial charge in [-0.2, -0.15) is 0 Å². The summed E-state index contributed by atoms with van der Waals surface area (Å²) < 4.78 is 13.2. The van der Waals surface area contributed by atoms with Crippen LogP contribution in [0.3, 0.4) is 0 Å². The van der Waals surface area contributed by atoms with E-state index in [4.69, 9.17) is 9.47 Å². The first-order valence-corrected chi connectivity index (χ1v) is 11.9. The van der Waals surface area contributed by atoms with Crippen LogP contribution in [-0.4, -0.2) is 28.4 Å². The molecule has 0 radical (unpaired) electrons. The molecule has 0 saturated heterocycles. The van der Waals surface area contributed by atoms with Gasteiger partial charge in [0.05, 0.1) is 12.1 Å². The zero-order valence-corrected chi connectivity index (χ0v) is 19.8. The Hall–Kier alpha value is -4.35. The van der Waals surface area contributed by atoms with E-state index in [1.54, 1.807) is 6.07 Å². The summed E-state index contributed by atoms with van der Waals surface area (Å²) in [6.45, 7) is 0.789. The number of aliphatic hydroxyl groups is 1. The molecule has 5 aromatic rings. The maximum Gasteiger partial charge on any atom is 0.338 e. The van der Waals surface area contributed by atoms with Crippen molar-refractivity contribution in [1.82, 2.24) is 4.57 Å². The number of ether oxygens (including phenoxy) is 2. The molecule has 0 saturated carbocycles. The van der Waals surface area contributed by atoms with Crippen molar-refractivity contribution in [3.05, 3.63) is 127 Å². The van der Waals surface area contributed by atoms with Gasteiger partial charge in [-0.15, -0.1) is 0 Å². The first kappa shape index (κ1) is 23.4. The van der Waals surface area contributed by atoms with Crippen LogP contribution in [0.4, 0.5) is 0 Å². The van der Waals surface area contributed by atoms with Gasteiger partial charge >= 0.3 is 5.97 Å². The predicted molar refractivity (Wildman–Crippen MR) is 141 cm³/mol. The molecule has 0 bridgehead atoms. The van der Waals surface area contributed by atoms with Gasteiger partial charge in [0.15, 0.2) is 0 Å². The summed E-state index contributed by atoms with van der Waals surface area (Å²) >= 11 is 0. The molecule has 5 rings (SSSR count). The number of fused-ring (bicyclic) bond motifs is 1. The summed E-state index contributed by atoms with van der Waals surface area (Å²) in [5.74, 6) is 0.352. The Morgan fingerprint density at radius 2 is 1.50 bits per heavy atom. The predicted octanol–water partition coefficient (Wildman–Crippen LogP) is 6.11. The van der Waals surface area contributed by atoms with Crippen molar-refractivity contribution in [2.75, 3.05) is 6.61 Å². The van der Waals surface area contributed by atoms with Gasteiger partial charge in [-0.05, 0) is 53.1 Å². The number of carbonyl (C=O) groups is 1. The van der Waals surface area contributed by atoms with Crippen LogP contribution in [0.25, 0.3) is 22.0 Å². The van der Waals surface area contributed by atoms with Crippen molar-refractivity contribution in [2.24, 2.45) is 0 Å².